The topological polar surface area (TPSA) is 68.7 Å². The van der Waals surface area contributed by atoms with E-state index in [-0.39, 0.29) is 23.3 Å². The number of furan rings is 1. The molecule has 1 saturated carbocycles. The fraction of sp³-hybridized carbons (Fsp3) is 0.706. The fourth-order valence-corrected chi connectivity index (χ4v) is 4.20. The van der Waals surface area contributed by atoms with Gasteiger partial charge >= 0.3 is 0 Å². The van der Waals surface area contributed by atoms with Crippen molar-refractivity contribution >= 4 is 5.91 Å². The summed E-state index contributed by atoms with van der Waals surface area (Å²) in [5.41, 5.74) is 5.44. The van der Waals surface area contributed by atoms with Gasteiger partial charge in [-0.1, -0.05) is 13.8 Å². The molecule has 0 bridgehead atoms. The van der Waals surface area contributed by atoms with Gasteiger partial charge in [-0.15, -0.1) is 0 Å². The minimum Gasteiger partial charge on any atom is -0.464 e. The Hall–Kier alpha value is -1.33. The number of nitrogens with zero attached hydrogens (tertiary/aromatic N) is 1. The molecule has 3 rings (SSSR count). The number of amides is 1. The standard InChI is InChI=1S/C17H26N2O3/c1-11-7-8-12(22-11)10-19(4)15(20)17(18)13-6-5-9-21-14(13)16(17,2)3/h7-8,13-14H,5-6,9-10,18H2,1-4H3. The number of fused-ring (bicyclic) bond motifs is 1. The molecule has 1 aromatic rings. The minimum absolute atomic E-state index is 0.0155. The third-order valence-electron chi connectivity index (χ3n) is 5.57. The highest BCUT2D eigenvalue weighted by atomic mass is 16.5. The molecule has 1 aromatic heterocycles. The van der Waals surface area contributed by atoms with Crippen molar-refractivity contribution < 1.29 is 13.9 Å². The van der Waals surface area contributed by atoms with Crippen molar-refractivity contribution in [2.75, 3.05) is 13.7 Å². The first-order valence-electron chi connectivity index (χ1n) is 8.00. The van der Waals surface area contributed by atoms with E-state index in [2.05, 4.69) is 0 Å². The highest BCUT2D eigenvalue weighted by Gasteiger charge is 2.70. The molecule has 5 heteroatoms. The molecule has 1 aliphatic heterocycles. The number of rotatable bonds is 3. The van der Waals surface area contributed by atoms with Gasteiger partial charge in [0.1, 0.15) is 17.1 Å². The van der Waals surface area contributed by atoms with Gasteiger partial charge < -0.3 is 19.8 Å². The Morgan fingerprint density at radius 3 is 2.82 bits per heavy atom. The van der Waals surface area contributed by atoms with E-state index in [4.69, 9.17) is 14.9 Å². The van der Waals surface area contributed by atoms with Gasteiger partial charge in [0, 0.05) is 25.0 Å². The van der Waals surface area contributed by atoms with Crippen LogP contribution in [-0.4, -0.2) is 36.1 Å². The zero-order valence-corrected chi connectivity index (χ0v) is 13.9. The first kappa shape index (κ1) is 15.6. The summed E-state index contributed by atoms with van der Waals surface area (Å²) in [7, 11) is 1.79. The molecule has 122 valence electrons. The van der Waals surface area contributed by atoms with Gasteiger partial charge in [0.2, 0.25) is 5.91 Å². The van der Waals surface area contributed by atoms with Crippen LogP contribution in [0, 0.1) is 18.3 Å². The van der Waals surface area contributed by atoms with Gasteiger partial charge in [0.15, 0.2) is 0 Å². The van der Waals surface area contributed by atoms with Crippen molar-refractivity contribution in [2.45, 2.75) is 51.8 Å². The van der Waals surface area contributed by atoms with E-state index in [9.17, 15) is 4.79 Å². The average Bonchev–Trinajstić information content (AvgIpc) is 2.90. The van der Waals surface area contributed by atoms with Crippen LogP contribution in [0.15, 0.2) is 16.5 Å². The highest BCUT2D eigenvalue weighted by Crippen LogP contribution is 2.57. The quantitative estimate of drug-likeness (QED) is 0.928. The van der Waals surface area contributed by atoms with Gasteiger partial charge in [0.05, 0.1) is 12.6 Å². The summed E-state index contributed by atoms with van der Waals surface area (Å²) in [4.78, 5) is 14.7. The number of nitrogens with two attached hydrogens (primary N) is 1. The molecule has 2 N–H and O–H groups in total. The van der Waals surface area contributed by atoms with Crippen molar-refractivity contribution in [2.24, 2.45) is 17.1 Å². The number of carbonyl (C=O) groups excluding carboxylic acids is 1. The lowest BCUT2D eigenvalue weighted by molar-refractivity contribution is -0.229. The summed E-state index contributed by atoms with van der Waals surface area (Å²) in [6, 6.07) is 3.81. The van der Waals surface area contributed by atoms with Gasteiger partial charge in [-0.05, 0) is 31.9 Å². The minimum atomic E-state index is -0.853. The van der Waals surface area contributed by atoms with Crippen LogP contribution in [-0.2, 0) is 16.1 Å². The van der Waals surface area contributed by atoms with Crippen LogP contribution in [0.1, 0.15) is 38.2 Å². The maximum Gasteiger partial charge on any atom is 0.243 e. The van der Waals surface area contributed by atoms with Crippen LogP contribution in [0.2, 0.25) is 0 Å². The Kier molecular flexibility index (Phi) is 3.61. The first-order valence-corrected chi connectivity index (χ1v) is 8.00. The summed E-state index contributed by atoms with van der Waals surface area (Å²) >= 11 is 0. The Morgan fingerprint density at radius 2 is 2.18 bits per heavy atom. The number of hydrogen-bond donors (Lipinski definition) is 1. The van der Waals surface area contributed by atoms with Crippen LogP contribution < -0.4 is 5.73 Å². The second-order valence-corrected chi connectivity index (χ2v) is 7.30. The summed E-state index contributed by atoms with van der Waals surface area (Å²) < 4.78 is 11.4. The van der Waals surface area contributed by atoms with Crippen LogP contribution in [0.3, 0.4) is 0 Å². The molecule has 0 radical (unpaired) electrons. The lowest BCUT2D eigenvalue weighted by Crippen LogP contribution is -2.82. The summed E-state index contributed by atoms with van der Waals surface area (Å²) in [6.45, 7) is 7.20. The smallest absolute Gasteiger partial charge is 0.243 e. The molecule has 2 heterocycles. The summed E-state index contributed by atoms with van der Waals surface area (Å²) in [6.07, 6.45) is 2.03. The van der Waals surface area contributed by atoms with Crippen LogP contribution >= 0.6 is 0 Å². The molecule has 22 heavy (non-hydrogen) atoms. The molecular weight excluding hydrogens is 280 g/mol. The SMILES string of the molecule is Cc1ccc(CN(C)C(=O)C2(N)C3CCCOC3C2(C)C)o1. The predicted octanol–water partition coefficient (Wildman–Crippen LogP) is 2.08. The molecule has 3 unspecified atom stereocenters. The lowest BCUT2D eigenvalue weighted by atomic mass is 9.46. The molecule has 1 amide bonds. The molecule has 2 aliphatic rings. The Labute approximate surface area is 131 Å². The van der Waals surface area contributed by atoms with Crippen molar-refractivity contribution in [3.8, 4) is 0 Å². The Morgan fingerprint density at radius 1 is 1.45 bits per heavy atom. The van der Waals surface area contributed by atoms with E-state index in [0.29, 0.717) is 6.54 Å². The third-order valence-corrected chi connectivity index (χ3v) is 5.57. The number of carbonyl (C=O) groups is 1. The Balaban J connectivity index is 1.78. The van der Waals surface area contributed by atoms with E-state index >= 15 is 0 Å². The lowest BCUT2D eigenvalue weighted by Gasteiger charge is -2.65. The van der Waals surface area contributed by atoms with Gasteiger partial charge in [-0.3, -0.25) is 4.79 Å². The molecule has 0 aromatic carbocycles. The third kappa shape index (κ3) is 2.02. The number of likely N-dealkylation sites (N-methyl/N-ethyl adjacent to an activating group) is 1. The zero-order valence-electron chi connectivity index (χ0n) is 13.9. The van der Waals surface area contributed by atoms with Crippen LogP contribution in [0.25, 0.3) is 0 Å². The molecule has 5 nitrogen and oxygen atoms in total. The van der Waals surface area contributed by atoms with Crippen molar-refractivity contribution in [3.63, 3.8) is 0 Å². The number of hydrogen-bond acceptors (Lipinski definition) is 4. The second kappa shape index (κ2) is 5.10. The molecule has 2 fully saturated rings. The number of aryl methyl sites for hydroxylation is 1. The normalized spacial score (nSPS) is 33.0. The second-order valence-electron chi connectivity index (χ2n) is 7.30. The molecule has 1 aliphatic carbocycles. The average molecular weight is 306 g/mol. The van der Waals surface area contributed by atoms with E-state index in [0.717, 1.165) is 31.0 Å². The van der Waals surface area contributed by atoms with E-state index in [1.807, 2.05) is 32.9 Å². The van der Waals surface area contributed by atoms with Crippen molar-refractivity contribution in [1.29, 1.82) is 0 Å². The number of ether oxygens (including phenoxy) is 1. The summed E-state index contributed by atoms with van der Waals surface area (Å²) in [5, 5.41) is 0. The van der Waals surface area contributed by atoms with E-state index < -0.39 is 5.54 Å². The molecule has 0 spiro atoms. The molecule has 1 saturated heterocycles. The Bertz CT molecular complexity index is 580. The van der Waals surface area contributed by atoms with Gasteiger partial charge in [-0.25, -0.2) is 0 Å². The first-order chi connectivity index (χ1) is 10.3. The van der Waals surface area contributed by atoms with Gasteiger partial charge in [-0.2, -0.15) is 0 Å². The van der Waals surface area contributed by atoms with Crippen LogP contribution in [0.4, 0.5) is 0 Å². The fourth-order valence-electron chi connectivity index (χ4n) is 4.20. The van der Waals surface area contributed by atoms with Crippen LogP contribution in [0.5, 0.6) is 0 Å². The highest BCUT2D eigenvalue weighted by molar-refractivity contribution is 5.89. The van der Waals surface area contributed by atoms with E-state index in [1.54, 1.807) is 11.9 Å². The summed E-state index contributed by atoms with van der Waals surface area (Å²) in [5.74, 6) is 1.73. The maximum atomic E-state index is 13.0. The predicted molar refractivity (Wildman–Crippen MR) is 83.1 cm³/mol. The zero-order chi connectivity index (χ0) is 16.1. The molecular formula is C17H26N2O3. The monoisotopic (exact) mass is 306 g/mol. The molecule has 3 atom stereocenters. The van der Waals surface area contributed by atoms with E-state index in [1.165, 1.54) is 0 Å². The van der Waals surface area contributed by atoms with Gasteiger partial charge in [0.25, 0.3) is 0 Å². The van der Waals surface area contributed by atoms with Crippen molar-refractivity contribution in [1.82, 2.24) is 4.90 Å². The largest absolute Gasteiger partial charge is 0.464 e. The van der Waals surface area contributed by atoms with Crippen molar-refractivity contribution in [3.05, 3.63) is 23.7 Å². The maximum absolute atomic E-state index is 13.0.